The van der Waals surface area contributed by atoms with E-state index in [1.165, 1.54) is 25.7 Å². The van der Waals surface area contributed by atoms with Gasteiger partial charge in [-0.1, -0.05) is 48.5 Å². The minimum absolute atomic E-state index is 0.000663. The van der Waals surface area contributed by atoms with Crippen LogP contribution in [0, 0.1) is 62.6 Å². The van der Waals surface area contributed by atoms with Crippen molar-refractivity contribution in [1.29, 1.82) is 0 Å². The van der Waals surface area contributed by atoms with Gasteiger partial charge in [0.15, 0.2) is 0 Å². The Labute approximate surface area is 201 Å². The van der Waals surface area contributed by atoms with Crippen LogP contribution in [0.3, 0.4) is 0 Å². The Morgan fingerprint density at radius 3 is 2.18 bits per heavy atom. The van der Waals surface area contributed by atoms with E-state index in [1.807, 2.05) is 0 Å². The number of fused-ring (bicyclic) bond motifs is 7. The molecule has 1 N–H and O–H groups in total. The molecular weight excluding hydrogens is 408 g/mol. The Balaban J connectivity index is 1.56. The van der Waals surface area contributed by atoms with Crippen LogP contribution < -0.4 is 0 Å². The summed E-state index contributed by atoms with van der Waals surface area (Å²) in [7, 11) is 0. The van der Waals surface area contributed by atoms with E-state index in [2.05, 4.69) is 48.5 Å². The second-order valence-corrected chi connectivity index (χ2v) is 15.0. The molecule has 5 rings (SSSR count). The molecule has 0 bridgehead atoms. The van der Waals surface area contributed by atoms with Crippen molar-refractivity contribution < 1.29 is 14.7 Å². The Bertz CT molecular complexity index is 861. The predicted molar refractivity (Wildman–Crippen MR) is 131 cm³/mol. The largest absolute Gasteiger partial charge is 0.396 e. The van der Waals surface area contributed by atoms with Crippen molar-refractivity contribution in [2.75, 3.05) is 6.61 Å². The van der Waals surface area contributed by atoms with Gasteiger partial charge in [0.2, 0.25) is 0 Å². The summed E-state index contributed by atoms with van der Waals surface area (Å²) in [6.45, 7) is 17.2. The maximum absolute atomic E-state index is 13.5. The molecule has 0 radical (unpaired) electrons. The van der Waals surface area contributed by atoms with E-state index in [4.69, 9.17) is 0 Å². The maximum atomic E-state index is 13.5. The first-order chi connectivity index (χ1) is 15.2. The van der Waals surface area contributed by atoms with Crippen molar-refractivity contribution in [1.82, 2.24) is 0 Å². The highest BCUT2D eigenvalue weighted by atomic mass is 16.3. The van der Waals surface area contributed by atoms with E-state index in [9.17, 15) is 14.7 Å². The highest BCUT2D eigenvalue weighted by molar-refractivity contribution is 6.04. The Hall–Kier alpha value is -0.700. The average molecular weight is 457 g/mol. The highest BCUT2D eigenvalue weighted by Gasteiger charge is 2.71. The first-order valence-corrected chi connectivity index (χ1v) is 13.9. The van der Waals surface area contributed by atoms with Crippen molar-refractivity contribution in [3.63, 3.8) is 0 Å². The van der Waals surface area contributed by atoms with Crippen molar-refractivity contribution >= 4 is 11.6 Å². The van der Waals surface area contributed by atoms with Gasteiger partial charge in [0.1, 0.15) is 11.6 Å². The molecular formula is C30H48O3. The molecule has 0 aliphatic heterocycles. The third-order valence-electron chi connectivity index (χ3n) is 13.2. The van der Waals surface area contributed by atoms with Crippen molar-refractivity contribution in [3.8, 4) is 0 Å². The zero-order valence-corrected chi connectivity index (χ0v) is 22.3. The van der Waals surface area contributed by atoms with Crippen molar-refractivity contribution in [3.05, 3.63) is 0 Å². The molecule has 3 heteroatoms. The number of carbonyl (C=O) groups excluding carboxylic acids is 2. The summed E-state index contributed by atoms with van der Waals surface area (Å²) in [5.41, 5.74) is 0.602. The summed E-state index contributed by atoms with van der Waals surface area (Å²) in [5.74, 6) is 2.74. The van der Waals surface area contributed by atoms with Gasteiger partial charge >= 0.3 is 0 Å². The molecule has 0 aromatic carbocycles. The number of ketones is 2. The van der Waals surface area contributed by atoms with E-state index >= 15 is 0 Å². The summed E-state index contributed by atoms with van der Waals surface area (Å²) in [4.78, 5) is 26.2. The second-order valence-electron chi connectivity index (χ2n) is 15.0. The molecule has 5 fully saturated rings. The number of aliphatic hydroxyl groups is 1. The van der Waals surface area contributed by atoms with Gasteiger partial charge < -0.3 is 5.11 Å². The van der Waals surface area contributed by atoms with Gasteiger partial charge in [0, 0.05) is 18.4 Å². The third-order valence-corrected chi connectivity index (χ3v) is 13.2. The number of carbonyl (C=O) groups is 2. The SMILES string of the molecule is C[C@H]1C(=O)CC(=O)C2[C@]3(C)CC[C@@]4(C)C5CC(C)(C)CC(CO)C5CC[C@]4(C)C3CC[C@@]21C. The molecule has 3 nitrogen and oxygen atoms in total. The second kappa shape index (κ2) is 7.17. The number of hydrogen-bond acceptors (Lipinski definition) is 3. The topological polar surface area (TPSA) is 54.4 Å². The summed E-state index contributed by atoms with van der Waals surface area (Å²) < 4.78 is 0. The summed E-state index contributed by atoms with van der Waals surface area (Å²) >= 11 is 0. The van der Waals surface area contributed by atoms with Crippen LogP contribution in [-0.2, 0) is 9.59 Å². The van der Waals surface area contributed by atoms with Gasteiger partial charge in [-0.2, -0.15) is 0 Å². The molecule has 33 heavy (non-hydrogen) atoms. The molecule has 0 saturated heterocycles. The third kappa shape index (κ3) is 2.96. The van der Waals surface area contributed by atoms with E-state index in [1.54, 1.807) is 0 Å². The van der Waals surface area contributed by atoms with Crippen molar-refractivity contribution in [2.45, 2.75) is 106 Å². The van der Waals surface area contributed by atoms with E-state index in [0.29, 0.717) is 30.3 Å². The normalized spacial score (nSPS) is 55.8. The Morgan fingerprint density at radius 1 is 0.818 bits per heavy atom. The van der Waals surface area contributed by atoms with E-state index < -0.39 is 0 Å². The fraction of sp³-hybridized carbons (Fsp3) is 0.933. The van der Waals surface area contributed by atoms with Gasteiger partial charge in [-0.15, -0.1) is 0 Å². The predicted octanol–water partition coefficient (Wildman–Crippen LogP) is 6.46. The lowest BCUT2D eigenvalue weighted by molar-refractivity contribution is -0.244. The first-order valence-electron chi connectivity index (χ1n) is 13.9. The zero-order valence-electron chi connectivity index (χ0n) is 22.3. The number of Topliss-reactive ketones (excluding diaryl/α,β-unsaturated/α-hetero) is 2. The Kier molecular flexibility index (Phi) is 5.22. The van der Waals surface area contributed by atoms with Crippen LogP contribution in [0.5, 0.6) is 0 Å². The molecule has 186 valence electrons. The molecule has 0 aromatic rings. The van der Waals surface area contributed by atoms with Crippen LogP contribution in [0.15, 0.2) is 0 Å². The molecule has 0 heterocycles. The fourth-order valence-electron chi connectivity index (χ4n) is 11.3. The molecule has 10 atom stereocenters. The standard InChI is InChI=1S/C30H48O3/c1-18-22(32)14-23(33)25-27(18,4)10-9-24-28(25,5)12-13-29(6)21-16-26(2,3)15-19(17-31)20(21)8-11-30(24,29)7/h18-21,24-25,31H,8-17H2,1-7H3/t18-,19?,20?,21?,24?,25?,27+,28+,29-,30+/m0/s1. The fourth-order valence-corrected chi connectivity index (χ4v) is 11.3. The lowest BCUT2D eigenvalue weighted by atomic mass is 9.31. The number of hydrogen-bond donors (Lipinski definition) is 1. The van der Waals surface area contributed by atoms with Gasteiger partial charge in [-0.3, -0.25) is 9.59 Å². The maximum Gasteiger partial charge on any atom is 0.144 e. The molecule has 5 unspecified atom stereocenters. The van der Waals surface area contributed by atoms with Crippen LogP contribution >= 0.6 is 0 Å². The first kappa shape index (κ1) is 24.0. The van der Waals surface area contributed by atoms with Crippen LogP contribution in [0.25, 0.3) is 0 Å². The zero-order chi connectivity index (χ0) is 24.2. The van der Waals surface area contributed by atoms with Gasteiger partial charge in [-0.05, 0) is 102 Å². The summed E-state index contributed by atoms with van der Waals surface area (Å²) in [6, 6.07) is 0. The van der Waals surface area contributed by atoms with Crippen LogP contribution in [0.1, 0.15) is 106 Å². The van der Waals surface area contributed by atoms with Crippen LogP contribution in [0.2, 0.25) is 0 Å². The summed E-state index contributed by atoms with van der Waals surface area (Å²) in [5, 5.41) is 10.3. The Morgan fingerprint density at radius 2 is 1.52 bits per heavy atom. The molecule has 5 saturated carbocycles. The smallest absolute Gasteiger partial charge is 0.144 e. The van der Waals surface area contributed by atoms with E-state index in [-0.39, 0.29) is 56.9 Å². The molecule has 0 aromatic heterocycles. The van der Waals surface area contributed by atoms with Gasteiger partial charge in [0.25, 0.3) is 0 Å². The molecule has 0 amide bonds. The van der Waals surface area contributed by atoms with Crippen molar-refractivity contribution in [2.24, 2.45) is 62.6 Å². The lowest BCUT2D eigenvalue weighted by Crippen LogP contribution is -2.68. The van der Waals surface area contributed by atoms with Gasteiger partial charge in [0.05, 0.1) is 6.42 Å². The van der Waals surface area contributed by atoms with E-state index in [0.717, 1.165) is 25.7 Å². The quantitative estimate of drug-likeness (QED) is 0.460. The molecule has 5 aliphatic carbocycles. The summed E-state index contributed by atoms with van der Waals surface area (Å²) in [6.07, 6.45) is 9.52. The monoisotopic (exact) mass is 456 g/mol. The minimum Gasteiger partial charge on any atom is -0.396 e. The lowest BCUT2D eigenvalue weighted by Gasteiger charge is -2.73. The minimum atomic E-state index is -0.173. The van der Waals surface area contributed by atoms with Gasteiger partial charge in [-0.25, -0.2) is 0 Å². The highest BCUT2D eigenvalue weighted by Crippen LogP contribution is 2.76. The average Bonchev–Trinajstić information content (AvgIpc) is 2.72. The number of aliphatic hydroxyl groups excluding tert-OH is 1. The molecule has 5 aliphatic rings. The van der Waals surface area contributed by atoms with Crippen LogP contribution in [-0.4, -0.2) is 23.3 Å². The van der Waals surface area contributed by atoms with Crippen LogP contribution in [0.4, 0.5) is 0 Å². The molecule has 0 spiro atoms. The number of rotatable bonds is 1.